The van der Waals surface area contributed by atoms with Gasteiger partial charge < -0.3 is 10.6 Å². The molecule has 0 heterocycles. The van der Waals surface area contributed by atoms with E-state index in [1.54, 1.807) is 55.5 Å². The van der Waals surface area contributed by atoms with Crippen molar-refractivity contribution < 1.29 is 18.0 Å². The third-order valence-corrected chi connectivity index (χ3v) is 6.71. The number of rotatable bonds is 8. The number of nitrogens with one attached hydrogen (secondary N) is 3. The molecule has 0 aliphatic carbocycles. The van der Waals surface area contributed by atoms with Crippen LogP contribution in [-0.4, -0.2) is 26.8 Å². The number of carbonyl (C=O) groups excluding carboxylic acids is 2. The number of benzene rings is 3. The smallest absolute Gasteiger partial charge is 0.262 e. The Kier molecular flexibility index (Phi) is 7.53. The van der Waals surface area contributed by atoms with Gasteiger partial charge in [0, 0.05) is 12.1 Å². The van der Waals surface area contributed by atoms with Crippen LogP contribution in [0, 0.1) is 20.8 Å². The normalized spacial score (nSPS) is 10.9. The lowest BCUT2D eigenvalue weighted by Crippen LogP contribution is -2.25. The zero-order valence-corrected chi connectivity index (χ0v) is 20.1. The van der Waals surface area contributed by atoms with Gasteiger partial charge in [-0.25, -0.2) is 8.42 Å². The molecule has 2 amide bonds. The summed E-state index contributed by atoms with van der Waals surface area (Å²) in [6.45, 7) is 9.21. The van der Waals surface area contributed by atoms with Crippen LogP contribution in [0.25, 0.3) is 0 Å². The lowest BCUT2D eigenvalue weighted by molar-refractivity contribution is 0.0959. The van der Waals surface area contributed by atoms with Crippen molar-refractivity contribution in [1.29, 1.82) is 0 Å². The van der Waals surface area contributed by atoms with Crippen molar-refractivity contribution in [3.63, 3.8) is 0 Å². The molecule has 0 saturated heterocycles. The number of aryl methyl sites for hydroxylation is 3. The molecule has 3 aromatic carbocycles. The highest BCUT2D eigenvalue weighted by atomic mass is 32.2. The molecule has 0 aliphatic rings. The standard InChI is InChI=1S/C26H27N3O4S/c1-5-14-27-26(31)21-8-6-7-9-22(21)28-25(30)20-13-12-19(4)24(16-20)34(32,33)29-23-15-17(2)10-11-18(23)3/h5-13,15-16,29H,1,14H2,2-4H3,(H,27,31)(H,28,30). The highest BCUT2D eigenvalue weighted by molar-refractivity contribution is 7.92. The number of hydrogen-bond acceptors (Lipinski definition) is 4. The van der Waals surface area contributed by atoms with Crippen LogP contribution in [0.3, 0.4) is 0 Å². The van der Waals surface area contributed by atoms with Gasteiger partial charge in [-0.3, -0.25) is 14.3 Å². The highest BCUT2D eigenvalue weighted by Gasteiger charge is 2.21. The van der Waals surface area contributed by atoms with Gasteiger partial charge >= 0.3 is 0 Å². The maximum absolute atomic E-state index is 13.2. The van der Waals surface area contributed by atoms with Crippen LogP contribution < -0.4 is 15.4 Å². The Morgan fingerprint density at radius 3 is 2.32 bits per heavy atom. The van der Waals surface area contributed by atoms with E-state index in [0.717, 1.165) is 11.1 Å². The minimum atomic E-state index is -3.95. The molecule has 3 aromatic rings. The first-order valence-electron chi connectivity index (χ1n) is 10.6. The third kappa shape index (κ3) is 5.71. The fourth-order valence-electron chi connectivity index (χ4n) is 3.32. The van der Waals surface area contributed by atoms with Gasteiger partial charge in [0.2, 0.25) is 0 Å². The van der Waals surface area contributed by atoms with Crippen LogP contribution in [0.5, 0.6) is 0 Å². The summed E-state index contributed by atoms with van der Waals surface area (Å²) in [7, 11) is -3.95. The van der Waals surface area contributed by atoms with Crippen LogP contribution in [0.4, 0.5) is 11.4 Å². The summed E-state index contributed by atoms with van der Waals surface area (Å²) in [4.78, 5) is 25.4. The molecule has 176 valence electrons. The van der Waals surface area contributed by atoms with Crippen LogP contribution in [0.2, 0.25) is 0 Å². The first kappa shape index (κ1) is 24.7. The lowest BCUT2D eigenvalue weighted by atomic mass is 10.1. The Morgan fingerprint density at radius 1 is 0.882 bits per heavy atom. The largest absolute Gasteiger partial charge is 0.349 e. The zero-order chi connectivity index (χ0) is 24.9. The average Bonchev–Trinajstić information content (AvgIpc) is 2.80. The summed E-state index contributed by atoms with van der Waals surface area (Å²) < 4.78 is 28.9. The van der Waals surface area contributed by atoms with Gasteiger partial charge in [0.15, 0.2) is 0 Å². The topological polar surface area (TPSA) is 104 Å². The van der Waals surface area contributed by atoms with Gasteiger partial charge in [0.1, 0.15) is 0 Å². The molecular weight excluding hydrogens is 450 g/mol. The molecule has 3 rings (SSSR count). The minimum Gasteiger partial charge on any atom is -0.349 e. The summed E-state index contributed by atoms with van der Waals surface area (Å²) in [5.74, 6) is -0.896. The Morgan fingerprint density at radius 2 is 1.59 bits per heavy atom. The van der Waals surface area contributed by atoms with Crippen molar-refractivity contribution in [3.05, 3.63) is 101 Å². The number of para-hydroxylation sites is 1. The van der Waals surface area contributed by atoms with Gasteiger partial charge in [-0.2, -0.15) is 0 Å². The summed E-state index contributed by atoms with van der Waals surface area (Å²) in [5, 5.41) is 5.38. The van der Waals surface area contributed by atoms with E-state index < -0.39 is 15.9 Å². The second kappa shape index (κ2) is 10.4. The molecule has 0 aliphatic heterocycles. The fourth-order valence-corrected chi connectivity index (χ4v) is 4.71. The van der Waals surface area contributed by atoms with Crippen molar-refractivity contribution in [1.82, 2.24) is 5.32 Å². The Bertz CT molecular complexity index is 1360. The van der Waals surface area contributed by atoms with Gasteiger partial charge in [-0.1, -0.05) is 36.4 Å². The van der Waals surface area contributed by atoms with Crippen molar-refractivity contribution in [2.45, 2.75) is 25.7 Å². The molecule has 0 radical (unpaired) electrons. The van der Waals surface area contributed by atoms with E-state index in [0.29, 0.717) is 16.9 Å². The molecule has 0 spiro atoms. The van der Waals surface area contributed by atoms with E-state index in [9.17, 15) is 18.0 Å². The number of amides is 2. The predicted octanol–water partition coefficient (Wildman–Crippen LogP) is 4.58. The molecule has 0 bridgehead atoms. The summed E-state index contributed by atoms with van der Waals surface area (Å²) >= 11 is 0. The van der Waals surface area contributed by atoms with Crippen molar-refractivity contribution in [3.8, 4) is 0 Å². The molecule has 0 unspecified atom stereocenters. The quantitative estimate of drug-likeness (QED) is 0.413. The van der Waals surface area contributed by atoms with Crippen molar-refractivity contribution in [2.24, 2.45) is 0 Å². The molecule has 0 aromatic heterocycles. The number of sulfonamides is 1. The van der Waals surface area contributed by atoms with Crippen LogP contribution >= 0.6 is 0 Å². The molecule has 7 nitrogen and oxygen atoms in total. The van der Waals surface area contributed by atoms with Gasteiger partial charge in [0.25, 0.3) is 21.8 Å². The van der Waals surface area contributed by atoms with E-state index >= 15 is 0 Å². The second-order valence-corrected chi connectivity index (χ2v) is 9.55. The number of anilines is 2. The predicted molar refractivity (Wildman–Crippen MR) is 135 cm³/mol. The van der Waals surface area contributed by atoms with E-state index in [4.69, 9.17) is 0 Å². The van der Waals surface area contributed by atoms with E-state index in [1.807, 2.05) is 26.0 Å². The maximum atomic E-state index is 13.2. The lowest BCUT2D eigenvalue weighted by Gasteiger charge is -2.15. The SMILES string of the molecule is C=CCNC(=O)c1ccccc1NC(=O)c1ccc(C)c(S(=O)(=O)Nc2cc(C)ccc2C)c1. The Labute approximate surface area is 200 Å². The maximum Gasteiger partial charge on any atom is 0.262 e. The Balaban J connectivity index is 1.89. The molecule has 0 atom stereocenters. The molecule has 8 heteroatoms. The fraction of sp³-hybridized carbons (Fsp3) is 0.154. The molecule has 0 saturated carbocycles. The summed E-state index contributed by atoms with van der Waals surface area (Å²) in [5.41, 5.74) is 3.43. The van der Waals surface area contributed by atoms with E-state index in [2.05, 4.69) is 21.9 Å². The average molecular weight is 478 g/mol. The van der Waals surface area contributed by atoms with Crippen LogP contribution in [-0.2, 0) is 10.0 Å². The van der Waals surface area contributed by atoms with Gasteiger partial charge in [-0.15, -0.1) is 6.58 Å². The zero-order valence-electron chi connectivity index (χ0n) is 19.3. The third-order valence-electron chi connectivity index (χ3n) is 5.20. The Hall–Kier alpha value is -3.91. The molecular formula is C26H27N3O4S. The van der Waals surface area contributed by atoms with Gasteiger partial charge in [0.05, 0.1) is 21.8 Å². The molecule has 0 fully saturated rings. The number of hydrogen-bond donors (Lipinski definition) is 3. The number of carbonyl (C=O) groups is 2. The first-order chi connectivity index (χ1) is 16.1. The summed E-state index contributed by atoms with van der Waals surface area (Å²) in [6, 6.07) is 16.5. The van der Waals surface area contributed by atoms with Crippen molar-refractivity contribution >= 4 is 33.2 Å². The minimum absolute atomic E-state index is 0.00179. The van der Waals surface area contributed by atoms with E-state index in [-0.39, 0.29) is 28.5 Å². The highest BCUT2D eigenvalue weighted by Crippen LogP contribution is 2.24. The first-order valence-corrected chi connectivity index (χ1v) is 12.1. The van der Waals surface area contributed by atoms with Gasteiger partial charge in [-0.05, 0) is 67.8 Å². The van der Waals surface area contributed by atoms with E-state index in [1.165, 1.54) is 6.07 Å². The summed E-state index contributed by atoms with van der Waals surface area (Å²) in [6.07, 6.45) is 1.56. The van der Waals surface area contributed by atoms with Crippen LogP contribution in [0.15, 0.2) is 78.2 Å². The molecule has 34 heavy (non-hydrogen) atoms. The monoisotopic (exact) mass is 477 g/mol. The van der Waals surface area contributed by atoms with Crippen molar-refractivity contribution in [2.75, 3.05) is 16.6 Å². The van der Waals surface area contributed by atoms with Crippen LogP contribution in [0.1, 0.15) is 37.4 Å². The second-order valence-electron chi connectivity index (χ2n) is 7.90. The molecule has 3 N–H and O–H groups in total.